The van der Waals surface area contributed by atoms with Crippen molar-refractivity contribution < 1.29 is 22.6 Å². The SMILES string of the molecule is Cc1cc(Oc2ncc(C(F)(F)F)cc2Cl)cc(C)c1OCC(Br)=CBr. The van der Waals surface area contributed by atoms with Crippen LogP contribution >= 0.6 is 43.5 Å². The van der Waals surface area contributed by atoms with Crippen LogP contribution < -0.4 is 9.47 Å². The molecule has 0 fully saturated rings. The van der Waals surface area contributed by atoms with Crippen LogP contribution in [0.3, 0.4) is 0 Å². The summed E-state index contributed by atoms with van der Waals surface area (Å²) in [4.78, 5) is 5.37. The smallest absolute Gasteiger partial charge is 0.417 e. The molecule has 0 aliphatic rings. The number of alkyl halides is 3. The summed E-state index contributed by atoms with van der Waals surface area (Å²) < 4.78 is 50.1. The fourth-order valence-corrected chi connectivity index (χ4v) is 2.59. The van der Waals surface area contributed by atoms with Crippen LogP contribution in [0.15, 0.2) is 33.9 Å². The first-order valence-corrected chi connectivity index (χ1v) is 9.30. The highest BCUT2D eigenvalue weighted by molar-refractivity contribution is 9.14. The maximum absolute atomic E-state index is 12.7. The van der Waals surface area contributed by atoms with Gasteiger partial charge in [-0.3, -0.25) is 0 Å². The van der Waals surface area contributed by atoms with E-state index in [9.17, 15) is 13.2 Å². The summed E-state index contributed by atoms with van der Waals surface area (Å²) in [5.74, 6) is 0.990. The van der Waals surface area contributed by atoms with Gasteiger partial charge in [0, 0.05) is 10.7 Å². The molecule has 1 aromatic carbocycles. The van der Waals surface area contributed by atoms with Gasteiger partial charge >= 0.3 is 6.18 Å². The van der Waals surface area contributed by atoms with Crippen molar-refractivity contribution in [1.82, 2.24) is 4.98 Å². The highest BCUT2D eigenvalue weighted by Crippen LogP contribution is 2.36. The Morgan fingerprint density at radius 2 is 1.85 bits per heavy atom. The van der Waals surface area contributed by atoms with E-state index in [1.807, 2.05) is 13.8 Å². The van der Waals surface area contributed by atoms with Crippen molar-refractivity contribution in [2.24, 2.45) is 0 Å². The van der Waals surface area contributed by atoms with Crippen molar-refractivity contribution in [3.63, 3.8) is 0 Å². The number of rotatable bonds is 5. The normalized spacial score (nSPS) is 12.2. The summed E-state index contributed by atoms with van der Waals surface area (Å²) in [5.41, 5.74) is 0.673. The summed E-state index contributed by atoms with van der Waals surface area (Å²) in [5, 5.41) is -0.221. The van der Waals surface area contributed by atoms with Crippen molar-refractivity contribution in [1.29, 1.82) is 0 Å². The summed E-state index contributed by atoms with van der Waals surface area (Å²) in [7, 11) is 0. The molecule has 0 saturated carbocycles. The van der Waals surface area contributed by atoms with Gasteiger partial charge in [0.15, 0.2) is 0 Å². The maximum atomic E-state index is 12.7. The standard InChI is InChI=1S/C17H13Br2ClF3NO2/c1-9-3-13(4-10(2)15(9)25-8-12(19)6-18)26-16-14(20)5-11(7-24-16)17(21,22)23/h3-7H,8H2,1-2H3. The zero-order chi connectivity index (χ0) is 19.5. The molecular weight excluding hydrogens is 502 g/mol. The predicted octanol–water partition coefficient (Wildman–Crippen LogP) is 7.17. The molecule has 0 radical (unpaired) electrons. The molecule has 0 N–H and O–H groups in total. The quantitative estimate of drug-likeness (QED) is 0.423. The lowest BCUT2D eigenvalue weighted by Crippen LogP contribution is -2.06. The fraction of sp³-hybridized carbons (Fsp3) is 0.235. The molecule has 0 amide bonds. The molecule has 1 heterocycles. The zero-order valence-corrected chi connectivity index (χ0v) is 17.6. The molecule has 0 aliphatic heterocycles. The maximum Gasteiger partial charge on any atom is 0.417 e. The molecule has 0 bridgehead atoms. The average molecular weight is 516 g/mol. The van der Waals surface area contributed by atoms with E-state index in [4.69, 9.17) is 21.1 Å². The Morgan fingerprint density at radius 1 is 1.23 bits per heavy atom. The lowest BCUT2D eigenvalue weighted by Gasteiger charge is -2.15. The van der Waals surface area contributed by atoms with Crippen LogP contribution in [0.4, 0.5) is 13.2 Å². The predicted molar refractivity (Wildman–Crippen MR) is 102 cm³/mol. The summed E-state index contributed by atoms with van der Waals surface area (Å²) in [6.07, 6.45) is -3.83. The first kappa shape index (κ1) is 21.1. The van der Waals surface area contributed by atoms with Gasteiger partial charge in [-0.05, 0) is 48.2 Å². The lowest BCUT2D eigenvalue weighted by molar-refractivity contribution is -0.137. The van der Waals surface area contributed by atoms with Crippen LogP contribution in [0.5, 0.6) is 17.4 Å². The number of benzene rings is 1. The van der Waals surface area contributed by atoms with Crippen molar-refractivity contribution in [2.75, 3.05) is 6.61 Å². The lowest BCUT2D eigenvalue weighted by atomic mass is 10.1. The molecule has 140 valence electrons. The van der Waals surface area contributed by atoms with Gasteiger partial charge in [0.25, 0.3) is 0 Å². The van der Waals surface area contributed by atoms with Crippen LogP contribution in [-0.2, 0) is 6.18 Å². The molecule has 0 aliphatic carbocycles. The van der Waals surface area contributed by atoms with Crippen LogP contribution in [0.2, 0.25) is 5.02 Å². The molecule has 2 aromatic rings. The molecule has 2 rings (SSSR count). The number of ether oxygens (including phenoxy) is 2. The molecule has 3 nitrogen and oxygen atoms in total. The minimum Gasteiger partial charge on any atom is -0.488 e. The molecule has 0 saturated heterocycles. The third-order valence-electron chi connectivity index (χ3n) is 3.26. The van der Waals surface area contributed by atoms with Gasteiger partial charge in [-0.25, -0.2) is 4.98 Å². The second-order valence-corrected chi connectivity index (χ2v) is 7.23. The Bertz CT molecular complexity index is 818. The van der Waals surface area contributed by atoms with Crippen LogP contribution in [-0.4, -0.2) is 11.6 Å². The number of pyridine rings is 1. The number of halogens is 6. The van der Waals surface area contributed by atoms with Gasteiger partial charge in [0.1, 0.15) is 23.1 Å². The van der Waals surface area contributed by atoms with Gasteiger partial charge in [0.05, 0.1) is 5.56 Å². The van der Waals surface area contributed by atoms with Gasteiger partial charge < -0.3 is 9.47 Å². The largest absolute Gasteiger partial charge is 0.488 e. The van der Waals surface area contributed by atoms with Gasteiger partial charge in [-0.15, -0.1) is 0 Å². The monoisotopic (exact) mass is 513 g/mol. The Labute approximate surface area is 170 Å². The molecule has 0 spiro atoms. The number of hydrogen-bond acceptors (Lipinski definition) is 3. The molecule has 26 heavy (non-hydrogen) atoms. The Kier molecular flexibility index (Phi) is 6.99. The molecular formula is C17H13Br2ClF3NO2. The first-order chi connectivity index (χ1) is 12.1. The molecule has 1 aromatic heterocycles. The van der Waals surface area contributed by atoms with E-state index in [-0.39, 0.29) is 10.9 Å². The second kappa shape index (κ2) is 8.63. The first-order valence-electron chi connectivity index (χ1n) is 7.21. The van der Waals surface area contributed by atoms with Gasteiger partial charge in [-0.2, -0.15) is 13.2 Å². The molecule has 0 atom stereocenters. The van der Waals surface area contributed by atoms with E-state index < -0.39 is 11.7 Å². The Balaban J connectivity index is 2.23. The summed E-state index contributed by atoms with van der Waals surface area (Å²) >= 11 is 12.4. The van der Waals surface area contributed by atoms with Crippen LogP contribution in [0.25, 0.3) is 0 Å². The summed E-state index contributed by atoms with van der Waals surface area (Å²) in [6.45, 7) is 4.02. The van der Waals surface area contributed by atoms with Crippen LogP contribution in [0, 0.1) is 13.8 Å². The van der Waals surface area contributed by atoms with Crippen molar-refractivity contribution in [3.8, 4) is 17.4 Å². The van der Waals surface area contributed by atoms with E-state index in [2.05, 4.69) is 36.8 Å². The number of aryl methyl sites for hydroxylation is 2. The highest BCUT2D eigenvalue weighted by Gasteiger charge is 2.31. The Morgan fingerprint density at radius 3 is 2.35 bits per heavy atom. The minimum absolute atomic E-state index is 0.0999. The van der Waals surface area contributed by atoms with Crippen LogP contribution in [0.1, 0.15) is 16.7 Å². The number of aromatic nitrogens is 1. The van der Waals surface area contributed by atoms with E-state index >= 15 is 0 Å². The Hall–Kier alpha value is -1.25. The number of hydrogen-bond donors (Lipinski definition) is 0. The fourth-order valence-electron chi connectivity index (χ4n) is 2.14. The van der Waals surface area contributed by atoms with Crippen molar-refractivity contribution in [3.05, 3.63) is 55.6 Å². The van der Waals surface area contributed by atoms with Crippen molar-refractivity contribution >= 4 is 43.5 Å². The van der Waals surface area contributed by atoms with E-state index in [0.29, 0.717) is 24.3 Å². The average Bonchev–Trinajstić information content (AvgIpc) is 2.54. The summed E-state index contributed by atoms with van der Waals surface area (Å²) in [6, 6.07) is 4.18. The second-order valence-electron chi connectivity index (χ2n) is 5.34. The minimum atomic E-state index is -4.51. The van der Waals surface area contributed by atoms with Gasteiger partial charge in [-0.1, -0.05) is 43.5 Å². The molecule has 0 unspecified atom stereocenters. The van der Waals surface area contributed by atoms with E-state index in [1.165, 1.54) is 0 Å². The topological polar surface area (TPSA) is 31.4 Å². The molecule has 9 heteroatoms. The third kappa shape index (κ3) is 5.37. The highest BCUT2D eigenvalue weighted by atomic mass is 79.9. The zero-order valence-electron chi connectivity index (χ0n) is 13.6. The van der Waals surface area contributed by atoms with Gasteiger partial charge in [0.2, 0.25) is 5.88 Å². The van der Waals surface area contributed by atoms with E-state index in [0.717, 1.165) is 21.7 Å². The third-order valence-corrected chi connectivity index (χ3v) is 5.15. The number of nitrogens with zero attached hydrogens (tertiary/aromatic N) is 1. The van der Waals surface area contributed by atoms with E-state index in [1.54, 1.807) is 17.1 Å². The van der Waals surface area contributed by atoms with Crippen molar-refractivity contribution in [2.45, 2.75) is 20.0 Å².